The average Bonchev–Trinajstić information content (AvgIpc) is 3.17. The number of fused-ring (bicyclic) bond motifs is 2. The van der Waals surface area contributed by atoms with E-state index in [4.69, 9.17) is 11.5 Å². The molecule has 3 aromatic heterocycles. The highest BCUT2D eigenvalue weighted by atomic mass is 15.3. The predicted octanol–water partition coefficient (Wildman–Crippen LogP) is 2.81. The summed E-state index contributed by atoms with van der Waals surface area (Å²) in [5.41, 5.74) is 14.8. The lowest BCUT2D eigenvalue weighted by atomic mass is 10.1. The molecule has 5 N–H and O–H groups in total. The summed E-state index contributed by atoms with van der Waals surface area (Å²) in [4.78, 5) is 7.73. The smallest absolute Gasteiger partial charge is 0.154 e. The van der Waals surface area contributed by atoms with Crippen LogP contribution in [0.15, 0.2) is 48.8 Å². The van der Waals surface area contributed by atoms with Gasteiger partial charge < -0.3 is 16.5 Å². The van der Waals surface area contributed by atoms with Gasteiger partial charge in [-0.05, 0) is 55.6 Å². The molecule has 1 aromatic carbocycles. The molecule has 3 heterocycles. The maximum atomic E-state index is 5.67. The molecule has 0 aliphatic heterocycles. The minimum atomic E-state index is 0.484. The molecule has 1 aliphatic carbocycles. The molecule has 6 heteroatoms. The van der Waals surface area contributed by atoms with Crippen molar-refractivity contribution in [3.63, 3.8) is 0 Å². The number of benzene rings is 1. The van der Waals surface area contributed by atoms with E-state index in [1.54, 1.807) is 10.6 Å². The van der Waals surface area contributed by atoms with Gasteiger partial charge in [0.2, 0.25) is 0 Å². The molecule has 4 aromatic rings. The molecule has 0 unspecified atom stereocenters. The fraction of sp³-hybridized carbons (Fsp3) is 0.222. The molecule has 6 nitrogen and oxygen atoms in total. The van der Waals surface area contributed by atoms with Crippen LogP contribution in [0.5, 0.6) is 0 Å². The number of nitrogen functional groups attached to an aromatic ring is 1. The summed E-state index contributed by atoms with van der Waals surface area (Å²) < 4.78 is 1.70. The van der Waals surface area contributed by atoms with Crippen LogP contribution in [-0.2, 0) is 0 Å². The van der Waals surface area contributed by atoms with E-state index in [0.29, 0.717) is 5.82 Å². The fourth-order valence-corrected chi connectivity index (χ4v) is 2.60. The Labute approximate surface area is 139 Å². The van der Waals surface area contributed by atoms with E-state index in [9.17, 15) is 0 Å². The van der Waals surface area contributed by atoms with Crippen molar-refractivity contribution in [3.05, 3.63) is 48.8 Å². The highest BCUT2D eigenvalue weighted by Gasteiger charge is 2.17. The van der Waals surface area contributed by atoms with Crippen molar-refractivity contribution in [2.45, 2.75) is 12.8 Å². The third-order valence-corrected chi connectivity index (χ3v) is 4.22. The van der Waals surface area contributed by atoms with Crippen molar-refractivity contribution in [2.24, 2.45) is 11.7 Å². The van der Waals surface area contributed by atoms with Crippen LogP contribution in [0.3, 0.4) is 0 Å². The van der Waals surface area contributed by atoms with Crippen molar-refractivity contribution in [2.75, 3.05) is 12.3 Å². The molecule has 0 bridgehead atoms. The van der Waals surface area contributed by atoms with Crippen LogP contribution < -0.4 is 11.5 Å². The van der Waals surface area contributed by atoms with Gasteiger partial charge >= 0.3 is 0 Å². The normalized spacial score (nSPS) is 13.9. The third kappa shape index (κ3) is 2.96. The van der Waals surface area contributed by atoms with Crippen LogP contribution in [0.1, 0.15) is 12.8 Å². The van der Waals surface area contributed by atoms with E-state index < -0.39 is 0 Å². The maximum Gasteiger partial charge on any atom is 0.154 e. The third-order valence-electron chi connectivity index (χ3n) is 4.22. The predicted molar refractivity (Wildman–Crippen MR) is 96.5 cm³/mol. The SMILES string of the molecule is NCC1CC1.Nc1ccc2nc(-c3ccc4[nH]ccc4c3)cn2n1. The van der Waals surface area contributed by atoms with Gasteiger partial charge in [0.25, 0.3) is 0 Å². The van der Waals surface area contributed by atoms with E-state index in [2.05, 4.69) is 27.2 Å². The van der Waals surface area contributed by atoms with Crippen molar-refractivity contribution >= 4 is 22.4 Å². The highest BCUT2D eigenvalue weighted by molar-refractivity contribution is 5.84. The maximum absolute atomic E-state index is 5.67. The summed E-state index contributed by atoms with van der Waals surface area (Å²) in [7, 11) is 0. The zero-order valence-electron chi connectivity index (χ0n) is 13.3. The van der Waals surface area contributed by atoms with E-state index in [1.165, 1.54) is 18.2 Å². The Morgan fingerprint density at radius 3 is 2.79 bits per heavy atom. The summed E-state index contributed by atoms with van der Waals surface area (Å²) in [6, 6.07) is 11.9. The number of nitrogens with zero attached hydrogens (tertiary/aromatic N) is 3. The second-order valence-corrected chi connectivity index (χ2v) is 6.15. The molecule has 1 saturated carbocycles. The van der Waals surface area contributed by atoms with Gasteiger partial charge in [-0.2, -0.15) is 0 Å². The quantitative estimate of drug-likeness (QED) is 0.529. The molecule has 5 rings (SSSR count). The van der Waals surface area contributed by atoms with Crippen LogP contribution in [0, 0.1) is 5.92 Å². The van der Waals surface area contributed by atoms with E-state index >= 15 is 0 Å². The largest absolute Gasteiger partial charge is 0.382 e. The van der Waals surface area contributed by atoms with E-state index in [1.807, 2.05) is 30.6 Å². The summed E-state index contributed by atoms with van der Waals surface area (Å²) >= 11 is 0. The highest BCUT2D eigenvalue weighted by Crippen LogP contribution is 2.26. The second kappa shape index (κ2) is 5.98. The first-order valence-corrected chi connectivity index (χ1v) is 8.12. The fourth-order valence-electron chi connectivity index (χ4n) is 2.60. The number of imidazole rings is 1. The summed E-state index contributed by atoms with van der Waals surface area (Å²) in [5.74, 6) is 1.40. The van der Waals surface area contributed by atoms with Gasteiger partial charge in [-0.1, -0.05) is 6.07 Å². The standard InChI is InChI=1S/C14H11N5.C4H9N/c15-13-3-4-14-17-12(8-19(14)18-13)9-1-2-11-10(7-9)5-6-16-11;5-3-4-1-2-4/h1-8,16H,(H2,15,18);4H,1-3,5H2. The van der Waals surface area contributed by atoms with Gasteiger partial charge in [0.05, 0.1) is 11.9 Å². The van der Waals surface area contributed by atoms with Crippen LogP contribution in [0.2, 0.25) is 0 Å². The van der Waals surface area contributed by atoms with Crippen LogP contribution >= 0.6 is 0 Å². The number of nitrogens with two attached hydrogens (primary N) is 2. The van der Waals surface area contributed by atoms with Gasteiger partial charge in [0.1, 0.15) is 5.82 Å². The molecule has 0 atom stereocenters. The second-order valence-electron chi connectivity index (χ2n) is 6.15. The molecule has 0 amide bonds. The molecule has 24 heavy (non-hydrogen) atoms. The van der Waals surface area contributed by atoms with Gasteiger partial charge in [0.15, 0.2) is 5.65 Å². The first-order valence-electron chi connectivity index (χ1n) is 8.12. The first kappa shape index (κ1) is 14.7. The Bertz CT molecular complexity index is 979. The topological polar surface area (TPSA) is 98.0 Å². The number of nitrogens with one attached hydrogen (secondary N) is 1. The summed E-state index contributed by atoms with van der Waals surface area (Å²) in [6.07, 6.45) is 6.59. The average molecular weight is 320 g/mol. The van der Waals surface area contributed by atoms with E-state index in [0.717, 1.165) is 34.9 Å². The summed E-state index contributed by atoms with van der Waals surface area (Å²) in [6.45, 7) is 0.917. The van der Waals surface area contributed by atoms with Crippen molar-refractivity contribution in [1.82, 2.24) is 19.6 Å². The molecule has 0 spiro atoms. The van der Waals surface area contributed by atoms with Crippen LogP contribution in [-0.4, -0.2) is 26.1 Å². The zero-order chi connectivity index (χ0) is 16.5. The Balaban J connectivity index is 0.000000252. The number of anilines is 1. The molecule has 122 valence electrons. The first-order chi connectivity index (χ1) is 11.7. The van der Waals surface area contributed by atoms with Crippen molar-refractivity contribution in [1.29, 1.82) is 0 Å². The zero-order valence-corrected chi connectivity index (χ0v) is 13.3. The van der Waals surface area contributed by atoms with Gasteiger partial charge in [-0.3, -0.25) is 0 Å². The number of H-pyrrole nitrogens is 1. The molecule has 1 fully saturated rings. The Kier molecular flexibility index (Phi) is 3.66. The molecule has 0 radical (unpaired) electrons. The van der Waals surface area contributed by atoms with Crippen molar-refractivity contribution < 1.29 is 0 Å². The lowest BCUT2D eigenvalue weighted by molar-refractivity contribution is 0.847. The lowest BCUT2D eigenvalue weighted by Crippen LogP contribution is -1.98. The Hall–Kier alpha value is -2.86. The molecular weight excluding hydrogens is 300 g/mol. The Morgan fingerprint density at radius 1 is 1.17 bits per heavy atom. The number of hydrogen-bond acceptors (Lipinski definition) is 4. The Morgan fingerprint density at radius 2 is 2.04 bits per heavy atom. The molecule has 1 aliphatic rings. The number of rotatable bonds is 2. The minimum Gasteiger partial charge on any atom is -0.382 e. The monoisotopic (exact) mass is 320 g/mol. The minimum absolute atomic E-state index is 0.484. The van der Waals surface area contributed by atoms with E-state index in [-0.39, 0.29) is 0 Å². The number of hydrogen-bond donors (Lipinski definition) is 3. The summed E-state index contributed by atoms with van der Waals surface area (Å²) in [5, 5.41) is 5.37. The van der Waals surface area contributed by atoms with Crippen LogP contribution in [0.4, 0.5) is 5.82 Å². The molecular formula is C18H20N6. The van der Waals surface area contributed by atoms with Crippen molar-refractivity contribution in [3.8, 4) is 11.3 Å². The van der Waals surface area contributed by atoms with Crippen LogP contribution in [0.25, 0.3) is 27.8 Å². The number of aromatic amines is 1. The van der Waals surface area contributed by atoms with Gasteiger partial charge in [-0.15, -0.1) is 5.10 Å². The van der Waals surface area contributed by atoms with Gasteiger partial charge in [0, 0.05) is 22.7 Å². The van der Waals surface area contributed by atoms with Gasteiger partial charge in [-0.25, -0.2) is 9.50 Å². The lowest BCUT2D eigenvalue weighted by Gasteiger charge is -1.96. The number of aromatic nitrogens is 4. The molecule has 0 saturated heterocycles.